The number of halogens is 1. The fourth-order valence-electron chi connectivity index (χ4n) is 2.64. The number of nitrogens with zero attached hydrogens (tertiary/aromatic N) is 2. The molecule has 2 N–H and O–H groups in total. The summed E-state index contributed by atoms with van der Waals surface area (Å²) in [5.74, 6) is 0.0696. The van der Waals surface area contributed by atoms with Crippen molar-refractivity contribution in [2.24, 2.45) is 0 Å². The third kappa shape index (κ3) is 2.93. The van der Waals surface area contributed by atoms with E-state index in [-0.39, 0.29) is 5.91 Å². The van der Waals surface area contributed by atoms with E-state index in [1.807, 2.05) is 23.1 Å². The first-order chi connectivity index (χ1) is 10.1. The molecule has 0 atom stereocenters. The van der Waals surface area contributed by atoms with Gasteiger partial charge in [-0.05, 0) is 38.2 Å². The molecule has 1 aliphatic rings. The Morgan fingerprint density at radius 1 is 1.29 bits per heavy atom. The number of carbonyl (C=O) groups excluding carboxylic acids is 1. The highest BCUT2D eigenvalue weighted by atomic mass is 79.9. The Bertz CT molecular complexity index is 685. The summed E-state index contributed by atoms with van der Waals surface area (Å²) in [6.07, 6.45) is 1.01. The molecule has 1 fully saturated rings. The van der Waals surface area contributed by atoms with Crippen LogP contribution >= 0.6 is 27.3 Å². The molecule has 6 heteroatoms. The molecule has 1 aromatic heterocycles. The molecule has 3 rings (SSSR count). The van der Waals surface area contributed by atoms with Crippen LogP contribution in [0.1, 0.15) is 16.1 Å². The van der Waals surface area contributed by atoms with Crippen molar-refractivity contribution in [1.29, 1.82) is 0 Å². The predicted molar refractivity (Wildman–Crippen MR) is 92.0 cm³/mol. The van der Waals surface area contributed by atoms with Gasteiger partial charge in [0.05, 0.1) is 5.69 Å². The number of hydrogen-bond donors (Lipinski definition) is 1. The largest absolute Gasteiger partial charge is 0.397 e. The number of thiophene rings is 1. The van der Waals surface area contributed by atoms with Gasteiger partial charge < -0.3 is 15.5 Å². The van der Waals surface area contributed by atoms with E-state index < -0.39 is 0 Å². The molecule has 2 aromatic rings. The molecule has 0 spiro atoms. The third-order valence-electron chi connectivity index (χ3n) is 3.89. The fraction of sp³-hybridized carbons (Fsp3) is 0.400. The summed E-state index contributed by atoms with van der Waals surface area (Å²) in [6, 6.07) is 5.97. The summed E-state index contributed by atoms with van der Waals surface area (Å²) in [7, 11) is 2.10. The van der Waals surface area contributed by atoms with Gasteiger partial charge in [0.15, 0.2) is 0 Å². The average Bonchev–Trinajstić information content (AvgIpc) is 2.64. The van der Waals surface area contributed by atoms with Gasteiger partial charge in [0, 0.05) is 34.2 Å². The van der Waals surface area contributed by atoms with Crippen LogP contribution in [-0.4, -0.2) is 48.9 Å². The molecule has 0 radical (unpaired) electrons. The average molecular weight is 368 g/mol. The molecular weight excluding hydrogens is 350 g/mol. The zero-order chi connectivity index (χ0) is 15.0. The summed E-state index contributed by atoms with van der Waals surface area (Å²) >= 11 is 4.95. The van der Waals surface area contributed by atoms with Gasteiger partial charge in [-0.15, -0.1) is 11.3 Å². The van der Waals surface area contributed by atoms with E-state index in [0.717, 1.165) is 47.2 Å². The maximum atomic E-state index is 12.8. The van der Waals surface area contributed by atoms with E-state index in [1.54, 1.807) is 0 Å². The smallest absolute Gasteiger partial charge is 0.266 e. The number of likely N-dealkylation sites (N-methyl/N-ethyl adjacent to an activating group) is 1. The van der Waals surface area contributed by atoms with Crippen LogP contribution in [0, 0.1) is 0 Å². The van der Waals surface area contributed by atoms with Crippen LogP contribution in [0.15, 0.2) is 22.7 Å². The minimum absolute atomic E-state index is 0.0696. The Kier molecular flexibility index (Phi) is 4.19. The van der Waals surface area contributed by atoms with Crippen molar-refractivity contribution in [2.45, 2.75) is 6.42 Å². The van der Waals surface area contributed by atoms with Gasteiger partial charge in [0.25, 0.3) is 5.91 Å². The van der Waals surface area contributed by atoms with Crippen LogP contribution in [0.5, 0.6) is 0 Å². The van der Waals surface area contributed by atoms with Crippen LogP contribution in [0.4, 0.5) is 5.69 Å². The highest BCUT2D eigenvalue weighted by Gasteiger charge is 2.23. The molecule has 1 amide bonds. The molecule has 0 bridgehead atoms. The number of benzene rings is 1. The normalized spacial score (nSPS) is 17.1. The lowest BCUT2D eigenvalue weighted by Gasteiger charge is -2.20. The Labute approximate surface area is 136 Å². The first kappa shape index (κ1) is 14.8. The summed E-state index contributed by atoms with van der Waals surface area (Å²) in [6.45, 7) is 3.54. The van der Waals surface area contributed by atoms with Crippen molar-refractivity contribution in [2.75, 3.05) is 39.0 Å². The second-order valence-electron chi connectivity index (χ2n) is 5.43. The Morgan fingerprint density at radius 2 is 2.10 bits per heavy atom. The zero-order valence-electron chi connectivity index (χ0n) is 11.9. The van der Waals surface area contributed by atoms with Crippen LogP contribution in [0.2, 0.25) is 0 Å². The molecule has 4 nitrogen and oxygen atoms in total. The first-order valence-electron chi connectivity index (χ1n) is 7.01. The Hall–Kier alpha value is -1.11. The van der Waals surface area contributed by atoms with Gasteiger partial charge >= 0.3 is 0 Å². The first-order valence-corrected chi connectivity index (χ1v) is 8.62. The zero-order valence-corrected chi connectivity index (χ0v) is 14.3. The molecule has 1 aliphatic heterocycles. The Balaban J connectivity index is 1.92. The second-order valence-corrected chi connectivity index (χ2v) is 7.40. The highest BCUT2D eigenvalue weighted by molar-refractivity contribution is 9.10. The molecule has 21 heavy (non-hydrogen) atoms. The monoisotopic (exact) mass is 367 g/mol. The lowest BCUT2D eigenvalue weighted by molar-refractivity contribution is 0.0768. The molecule has 0 saturated carbocycles. The molecule has 112 valence electrons. The maximum Gasteiger partial charge on any atom is 0.266 e. The van der Waals surface area contributed by atoms with E-state index in [1.165, 1.54) is 11.3 Å². The number of nitrogens with two attached hydrogens (primary N) is 1. The van der Waals surface area contributed by atoms with Gasteiger partial charge in [0.2, 0.25) is 0 Å². The Morgan fingerprint density at radius 3 is 2.90 bits per heavy atom. The maximum absolute atomic E-state index is 12.8. The van der Waals surface area contributed by atoms with Crippen molar-refractivity contribution in [3.05, 3.63) is 27.5 Å². The SMILES string of the molecule is CN1CCCN(C(=O)c2sc3ccc(Br)cc3c2N)CC1. The number of rotatable bonds is 1. The van der Waals surface area contributed by atoms with Crippen molar-refractivity contribution in [1.82, 2.24) is 9.80 Å². The molecule has 2 heterocycles. The summed E-state index contributed by atoms with van der Waals surface area (Å²) in [4.78, 5) is 17.6. The quantitative estimate of drug-likeness (QED) is 0.842. The van der Waals surface area contributed by atoms with Crippen LogP contribution in [0.25, 0.3) is 10.1 Å². The van der Waals surface area contributed by atoms with Gasteiger partial charge in [0.1, 0.15) is 4.88 Å². The van der Waals surface area contributed by atoms with Crippen LogP contribution < -0.4 is 5.73 Å². The van der Waals surface area contributed by atoms with E-state index in [2.05, 4.69) is 27.9 Å². The lowest BCUT2D eigenvalue weighted by atomic mass is 10.2. The van der Waals surface area contributed by atoms with Crippen molar-refractivity contribution in [3.8, 4) is 0 Å². The van der Waals surface area contributed by atoms with E-state index in [4.69, 9.17) is 5.73 Å². The van der Waals surface area contributed by atoms with Crippen LogP contribution in [-0.2, 0) is 0 Å². The van der Waals surface area contributed by atoms with Gasteiger partial charge in [-0.25, -0.2) is 0 Å². The predicted octanol–water partition coefficient (Wildman–Crippen LogP) is 3.02. The van der Waals surface area contributed by atoms with Gasteiger partial charge in [-0.2, -0.15) is 0 Å². The number of amides is 1. The van der Waals surface area contributed by atoms with E-state index in [0.29, 0.717) is 10.6 Å². The second kappa shape index (κ2) is 5.94. The molecule has 0 unspecified atom stereocenters. The van der Waals surface area contributed by atoms with E-state index >= 15 is 0 Å². The van der Waals surface area contributed by atoms with Gasteiger partial charge in [-0.3, -0.25) is 4.79 Å². The van der Waals surface area contributed by atoms with E-state index in [9.17, 15) is 4.79 Å². The number of hydrogen-bond acceptors (Lipinski definition) is 4. The minimum Gasteiger partial charge on any atom is -0.397 e. The molecule has 1 aromatic carbocycles. The lowest BCUT2D eigenvalue weighted by Crippen LogP contribution is -2.34. The number of nitrogen functional groups attached to an aromatic ring is 1. The summed E-state index contributed by atoms with van der Waals surface area (Å²) < 4.78 is 2.04. The number of fused-ring (bicyclic) bond motifs is 1. The topological polar surface area (TPSA) is 49.6 Å². The standard InChI is InChI=1S/C15H18BrN3OS/c1-18-5-2-6-19(8-7-18)15(20)14-13(17)11-9-10(16)3-4-12(11)21-14/h3-4,9H,2,5-8,17H2,1H3. The molecule has 0 aliphatic carbocycles. The van der Waals surface area contributed by atoms with Crippen molar-refractivity contribution in [3.63, 3.8) is 0 Å². The fourth-order valence-corrected chi connectivity index (χ4v) is 4.07. The third-order valence-corrected chi connectivity index (χ3v) is 5.56. The highest BCUT2D eigenvalue weighted by Crippen LogP contribution is 2.36. The van der Waals surface area contributed by atoms with Crippen LogP contribution in [0.3, 0.4) is 0 Å². The minimum atomic E-state index is 0.0696. The summed E-state index contributed by atoms with van der Waals surface area (Å²) in [5.41, 5.74) is 6.82. The van der Waals surface area contributed by atoms with Crippen molar-refractivity contribution < 1.29 is 4.79 Å². The number of anilines is 1. The molecular formula is C15H18BrN3OS. The van der Waals surface area contributed by atoms with Crippen molar-refractivity contribution >= 4 is 48.9 Å². The number of carbonyl (C=O) groups is 1. The summed E-state index contributed by atoms with van der Waals surface area (Å²) in [5, 5.41) is 0.963. The molecule has 1 saturated heterocycles. The van der Waals surface area contributed by atoms with Gasteiger partial charge in [-0.1, -0.05) is 15.9 Å².